The van der Waals surface area contributed by atoms with Gasteiger partial charge in [0, 0.05) is 0 Å². The average Bonchev–Trinajstić information content (AvgIpc) is 2.14. The molecule has 0 aliphatic rings. The minimum atomic E-state index is -4.25. The molecule has 0 fully saturated rings. The Morgan fingerprint density at radius 3 is 2.12 bits per heavy atom. The van der Waals surface area contributed by atoms with Gasteiger partial charge in [-0.1, -0.05) is 26.8 Å². The quantitative estimate of drug-likeness (QED) is 0.690. The predicted molar refractivity (Wildman–Crippen MR) is 59.6 cm³/mol. The molecule has 1 rings (SSSR count). The molecule has 1 aromatic rings. The normalized spacial score (nSPS) is 12.2. The first-order chi connectivity index (χ1) is 7.29. The molecule has 0 saturated carbocycles. The second-order valence-electron chi connectivity index (χ2n) is 4.31. The molecule has 0 amide bonds. The van der Waals surface area contributed by atoms with Crippen LogP contribution in [0, 0.1) is 6.92 Å². The number of hydrogen-bond donors (Lipinski definition) is 0. The van der Waals surface area contributed by atoms with Crippen LogP contribution in [0.3, 0.4) is 0 Å². The topological polar surface area (TPSA) is 0 Å². The molecule has 0 radical (unpaired) electrons. The van der Waals surface area contributed by atoms with Crippen LogP contribution in [-0.2, 0) is 12.6 Å². The van der Waals surface area contributed by atoms with Gasteiger partial charge in [0.05, 0.1) is 5.56 Å². The third-order valence-corrected chi connectivity index (χ3v) is 2.92. The first-order valence-corrected chi connectivity index (χ1v) is 5.48. The summed E-state index contributed by atoms with van der Waals surface area (Å²) >= 11 is 0. The predicted octanol–water partition coefficient (Wildman–Crippen LogP) is 4.70. The van der Waals surface area contributed by atoms with Crippen LogP contribution in [-0.4, -0.2) is 0 Å². The molecule has 1 aromatic carbocycles. The van der Waals surface area contributed by atoms with Crippen LogP contribution in [0.1, 0.15) is 48.9 Å². The Balaban J connectivity index is 3.41. The Morgan fingerprint density at radius 2 is 1.75 bits per heavy atom. The Bertz CT molecular complexity index is 375. The van der Waals surface area contributed by atoms with Crippen molar-refractivity contribution >= 4 is 0 Å². The zero-order valence-electron chi connectivity index (χ0n) is 10.1. The van der Waals surface area contributed by atoms with Crippen molar-refractivity contribution in [2.45, 2.75) is 46.2 Å². The summed E-state index contributed by atoms with van der Waals surface area (Å²) in [5.74, 6) is 0.260. The van der Waals surface area contributed by atoms with Gasteiger partial charge in [-0.05, 0) is 42.0 Å². The molecule has 0 saturated heterocycles. The van der Waals surface area contributed by atoms with Gasteiger partial charge >= 0.3 is 6.18 Å². The average molecular weight is 230 g/mol. The molecule has 3 heteroatoms. The van der Waals surface area contributed by atoms with E-state index in [0.717, 1.165) is 11.1 Å². The highest BCUT2D eigenvalue weighted by Gasteiger charge is 2.33. The Morgan fingerprint density at radius 1 is 1.19 bits per heavy atom. The van der Waals surface area contributed by atoms with Crippen molar-refractivity contribution in [3.8, 4) is 0 Å². The molecule has 0 atom stereocenters. The summed E-state index contributed by atoms with van der Waals surface area (Å²) in [6, 6.07) is 2.81. The summed E-state index contributed by atoms with van der Waals surface area (Å²) < 4.78 is 38.1. The lowest BCUT2D eigenvalue weighted by Gasteiger charge is -2.19. The fraction of sp³-hybridized carbons (Fsp3) is 0.538. The molecule has 0 N–H and O–H groups in total. The smallest absolute Gasteiger partial charge is 0.166 e. The van der Waals surface area contributed by atoms with Crippen LogP contribution in [0.15, 0.2) is 12.1 Å². The lowest BCUT2D eigenvalue weighted by molar-refractivity contribution is -0.138. The molecule has 0 aliphatic heterocycles. The molecule has 0 aromatic heterocycles. The van der Waals surface area contributed by atoms with Crippen LogP contribution >= 0.6 is 0 Å². The molecule has 90 valence electrons. The first-order valence-electron chi connectivity index (χ1n) is 5.48. The van der Waals surface area contributed by atoms with E-state index in [4.69, 9.17) is 0 Å². The van der Waals surface area contributed by atoms with Gasteiger partial charge in [-0.3, -0.25) is 0 Å². The number of alkyl halides is 3. The molecular weight excluding hydrogens is 213 g/mol. The second-order valence-corrected chi connectivity index (χ2v) is 4.31. The van der Waals surface area contributed by atoms with E-state index in [1.165, 1.54) is 6.07 Å². The number of hydrogen-bond acceptors (Lipinski definition) is 0. The van der Waals surface area contributed by atoms with Gasteiger partial charge in [0.2, 0.25) is 0 Å². The number of benzene rings is 1. The van der Waals surface area contributed by atoms with Gasteiger partial charge in [-0.15, -0.1) is 0 Å². The Kier molecular flexibility index (Phi) is 3.66. The van der Waals surface area contributed by atoms with E-state index in [1.807, 2.05) is 20.8 Å². The zero-order chi connectivity index (χ0) is 12.5. The highest BCUT2D eigenvalue weighted by Crippen LogP contribution is 2.35. The van der Waals surface area contributed by atoms with E-state index < -0.39 is 11.7 Å². The van der Waals surface area contributed by atoms with E-state index in [9.17, 15) is 13.2 Å². The van der Waals surface area contributed by atoms with E-state index in [0.29, 0.717) is 12.0 Å². The molecule has 0 nitrogen and oxygen atoms in total. The molecule has 16 heavy (non-hydrogen) atoms. The zero-order valence-corrected chi connectivity index (χ0v) is 10.1. The maximum atomic E-state index is 12.7. The summed E-state index contributed by atoms with van der Waals surface area (Å²) in [6.45, 7) is 7.46. The summed E-state index contributed by atoms with van der Waals surface area (Å²) in [7, 11) is 0. The molecule has 0 aliphatic carbocycles. The van der Waals surface area contributed by atoms with Crippen molar-refractivity contribution in [3.05, 3.63) is 34.4 Å². The van der Waals surface area contributed by atoms with E-state index >= 15 is 0 Å². The van der Waals surface area contributed by atoms with Crippen LogP contribution < -0.4 is 0 Å². The van der Waals surface area contributed by atoms with Crippen LogP contribution in [0.25, 0.3) is 0 Å². The highest BCUT2D eigenvalue weighted by atomic mass is 19.4. The van der Waals surface area contributed by atoms with Crippen LogP contribution in [0.5, 0.6) is 0 Å². The van der Waals surface area contributed by atoms with Gasteiger partial charge in [0.1, 0.15) is 0 Å². The van der Waals surface area contributed by atoms with Crippen molar-refractivity contribution in [2.75, 3.05) is 0 Å². The van der Waals surface area contributed by atoms with Crippen molar-refractivity contribution in [2.24, 2.45) is 0 Å². The van der Waals surface area contributed by atoms with E-state index in [1.54, 1.807) is 13.0 Å². The maximum absolute atomic E-state index is 12.7. The lowest BCUT2D eigenvalue weighted by atomic mass is 9.89. The van der Waals surface area contributed by atoms with Crippen molar-refractivity contribution in [1.82, 2.24) is 0 Å². The van der Waals surface area contributed by atoms with Crippen LogP contribution in [0.4, 0.5) is 13.2 Å². The van der Waals surface area contributed by atoms with E-state index in [2.05, 4.69) is 0 Å². The molecule has 0 bridgehead atoms. The SMILES string of the molecule is CCc1c(C(C)C)ccc(C(F)(F)F)c1C. The second kappa shape index (κ2) is 4.48. The van der Waals surface area contributed by atoms with Gasteiger partial charge in [-0.2, -0.15) is 13.2 Å². The number of halogens is 3. The monoisotopic (exact) mass is 230 g/mol. The summed E-state index contributed by atoms with van der Waals surface area (Å²) in [5.41, 5.74) is 1.73. The maximum Gasteiger partial charge on any atom is 0.416 e. The first kappa shape index (κ1) is 13.1. The van der Waals surface area contributed by atoms with Gasteiger partial charge in [0.15, 0.2) is 0 Å². The summed E-state index contributed by atoms with van der Waals surface area (Å²) in [5, 5.41) is 0. The highest BCUT2D eigenvalue weighted by molar-refractivity contribution is 5.43. The fourth-order valence-electron chi connectivity index (χ4n) is 2.10. The van der Waals surface area contributed by atoms with Crippen molar-refractivity contribution in [3.63, 3.8) is 0 Å². The minimum Gasteiger partial charge on any atom is -0.166 e. The molecule has 0 spiro atoms. The summed E-state index contributed by atoms with van der Waals surface area (Å²) in [4.78, 5) is 0. The molecular formula is C13H17F3. The third kappa shape index (κ3) is 2.39. The largest absolute Gasteiger partial charge is 0.416 e. The van der Waals surface area contributed by atoms with Crippen LogP contribution in [0.2, 0.25) is 0 Å². The van der Waals surface area contributed by atoms with Crippen molar-refractivity contribution < 1.29 is 13.2 Å². The molecule has 0 heterocycles. The Hall–Kier alpha value is -0.990. The van der Waals surface area contributed by atoms with Gasteiger partial charge in [-0.25, -0.2) is 0 Å². The minimum absolute atomic E-state index is 0.260. The van der Waals surface area contributed by atoms with E-state index in [-0.39, 0.29) is 5.92 Å². The van der Waals surface area contributed by atoms with Gasteiger partial charge in [0.25, 0.3) is 0 Å². The Labute approximate surface area is 94.5 Å². The lowest BCUT2D eigenvalue weighted by Crippen LogP contribution is -2.11. The van der Waals surface area contributed by atoms with Crippen molar-refractivity contribution in [1.29, 1.82) is 0 Å². The molecule has 0 unspecified atom stereocenters. The van der Waals surface area contributed by atoms with Gasteiger partial charge < -0.3 is 0 Å². The fourth-order valence-corrected chi connectivity index (χ4v) is 2.10. The standard InChI is InChI=1S/C13H17F3/c1-5-10-9(4)12(13(14,15)16)7-6-11(10)8(2)3/h6-8H,5H2,1-4H3. The third-order valence-electron chi connectivity index (χ3n) is 2.92. The summed E-state index contributed by atoms with van der Waals surface area (Å²) in [6.07, 6.45) is -3.60. The number of rotatable bonds is 2.